The second-order valence-corrected chi connectivity index (χ2v) is 2.80. The maximum atomic E-state index is 5.14. The van der Waals surface area contributed by atoms with Gasteiger partial charge in [-0.05, 0) is 12.8 Å². The van der Waals surface area contributed by atoms with E-state index in [0.717, 1.165) is 26.1 Å². The number of hydrogen-bond acceptors (Lipinski definition) is 4. The fourth-order valence-corrected chi connectivity index (χ4v) is 0.659. The molecule has 0 fully saturated rings. The van der Waals surface area contributed by atoms with Gasteiger partial charge >= 0.3 is 0 Å². The van der Waals surface area contributed by atoms with Crippen LogP contribution >= 0.6 is 0 Å². The number of nitrogens with two attached hydrogens (primary N) is 2. The summed E-state index contributed by atoms with van der Waals surface area (Å²) < 4.78 is 10.0. The van der Waals surface area contributed by atoms with Crippen LogP contribution in [0.15, 0.2) is 0 Å². The number of hydrogen-bond donors (Lipinski definition) is 2. The summed E-state index contributed by atoms with van der Waals surface area (Å²) in [6.07, 6.45) is 2.17. The molecule has 0 aromatic rings. The SMILES string of the molecule is CCCOCCN.CCCOCCN.O. The Hall–Kier alpha value is -0.200. The van der Waals surface area contributed by atoms with Gasteiger partial charge in [-0.1, -0.05) is 13.8 Å². The van der Waals surface area contributed by atoms with E-state index < -0.39 is 0 Å². The Morgan fingerprint density at radius 2 is 1.07 bits per heavy atom. The summed E-state index contributed by atoms with van der Waals surface area (Å²) in [5.41, 5.74) is 10.3. The van der Waals surface area contributed by atoms with Crippen molar-refractivity contribution in [1.82, 2.24) is 0 Å². The predicted octanol–water partition coefficient (Wildman–Crippen LogP) is -0.0813. The maximum Gasteiger partial charge on any atom is 0.0588 e. The summed E-state index contributed by atoms with van der Waals surface area (Å²) in [5.74, 6) is 0. The lowest BCUT2D eigenvalue weighted by Crippen LogP contribution is -2.08. The van der Waals surface area contributed by atoms with Crippen molar-refractivity contribution in [2.24, 2.45) is 11.5 Å². The van der Waals surface area contributed by atoms with Crippen LogP contribution in [0, 0.1) is 0 Å². The van der Waals surface area contributed by atoms with Gasteiger partial charge in [0, 0.05) is 26.3 Å². The molecule has 0 rings (SSSR count). The van der Waals surface area contributed by atoms with Crippen molar-refractivity contribution in [1.29, 1.82) is 0 Å². The van der Waals surface area contributed by atoms with Crippen LogP contribution in [0.3, 0.4) is 0 Å². The van der Waals surface area contributed by atoms with Crippen molar-refractivity contribution in [3.63, 3.8) is 0 Å². The highest BCUT2D eigenvalue weighted by Crippen LogP contribution is 1.76. The minimum Gasteiger partial charge on any atom is -0.412 e. The monoisotopic (exact) mass is 224 g/mol. The summed E-state index contributed by atoms with van der Waals surface area (Å²) in [6, 6.07) is 0. The number of rotatable bonds is 8. The molecule has 0 saturated heterocycles. The van der Waals surface area contributed by atoms with Crippen molar-refractivity contribution >= 4 is 0 Å². The Kier molecular flexibility index (Phi) is 31.8. The van der Waals surface area contributed by atoms with E-state index in [9.17, 15) is 0 Å². The van der Waals surface area contributed by atoms with E-state index in [1.165, 1.54) is 0 Å². The van der Waals surface area contributed by atoms with Gasteiger partial charge in [0.25, 0.3) is 0 Å². The molecule has 0 saturated carbocycles. The largest absolute Gasteiger partial charge is 0.412 e. The summed E-state index contributed by atoms with van der Waals surface area (Å²) in [4.78, 5) is 0. The zero-order chi connectivity index (χ0) is 11.1. The van der Waals surface area contributed by atoms with E-state index in [1.54, 1.807) is 0 Å². The average Bonchev–Trinajstić information content (AvgIpc) is 2.21. The van der Waals surface area contributed by atoms with Gasteiger partial charge in [-0.15, -0.1) is 0 Å². The van der Waals surface area contributed by atoms with E-state index in [4.69, 9.17) is 20.9 Å². The minimum atomic E-state index is 0. The summed E-state index contributed by atoms with van der Waals surface area (Å²) in [7, 11) is 0. The lowest BCUT2D eigenvalue weighted by Gasteiger charge is -1.95. The average molecular weight is 224 g/mol. The van der Waals surface area contributed by atoms with Crippen molar-refractivity contribution < 1.29 is 14.9 Å². The highest BCUT2D eigenvalue weighted by Gasteiger charge is 1.78. The van der Waals surface area contributed by atoms with Crippen LogP contribution in [0.1, 0.15) is 26.7 Å². The van der Waals surface area contributed by atoms with E-state index >= 15 is 0 Å². The minimum absolute atomic E-state index is 0. The topological polar surface area (TPSA) is 102 Å². The molecule has 0 radical (unpaired) electrons. The number of ether oxygens (including phenoxy) is 2. The van der Waals surface area contributed by atoms with Crippen LogP contribution in [0.5, 0.6) is 0 Å². The second kappa shape index (κ2) is 23.5. The quantitative estimate of drug-likeness (QED) is 0.563. The molecule has 5 nitrogen and oxygen atoms in total. The van der Waals surface area contributed by atoms with Crippen LogP contribution in [0.2, 0.25) is 0 Å². The molecule has 0 bridgehead atoms. The first-order valence-electron chi connectivity index (χ1n) is 5.39. The Balaban J connectivity index is -0.000000180. The van der Waals surface area contributed by atoms with E-state index in [0.29, 0.717) is 26.3 Å². The standard InChI is InChI=1S/2C5H13NO.H2O/c2*1-2-4-7-5-3-6;/h2*2-6H2,1H3;1H2. The molecule has 0 aromatic heterocycles. The van der Waals surface area contributed by atoms with E-state index in [-0.39, 0.29) is 5.48 Å². The first kappa shape index (κ1) is 20.2. The molecule has 0 aromatic carbocycles. The normalized spacial score (nSPS) is 8.80. The first-order chi connectivity index (χ1) is 6.83. The Morgan fingerprint density at radius 1 is 0.733 bits per heavy atom. The predicted molar refractivity (Wildman–Crippen MR) is 63.9 cm³/mol. The zero-order valence-corrected chi connectivity index (χ0v) is 10.1. The van der Waals surface area contributed by atoms with E-state index in [2.05, 4.69) is 13.8 Å². The van der Waals surface area contributed by atoms with Crippen LogP contribution in [-0.4, -0.2) is 45.0 Å². The molecule has 0 amide bonds. The van der Waals surface area contributed by atoms with E-state index in [1.807, 2.05) is 0 Å². The van der Waals surface area contributed by atoms with Gasteiger partial charge in [0.1, 0.15) is 0 Å². The molecule has 0 unspecified atom stereocenters. The van der Waals surface area contributed by atoms with Gasteiger partial charge in [0.2, 0.25) is 0 Å². The fourth-order valence-electron chi connectivity index (χ4n) is 0.659. The smallest absolute Gasteiger partial charge is 0.0588 e. The zero-order valence-electron chi connectivity index (χ0n) is 10.1. The molecule has 0 aliphatic heterocycles. The molecular weight excluding hydrogens is 196 g/mol. The van der Waals surface area contributed by atoms with Crippen molar-refractivity contribution in [2.75, 3.05) is 39.5 Å². The summed E-state index contributed by atoms with van der Waals surface area (Å²) >= 11 is 0. The molecule has 6 N–H and O–H groups in total. The third-order valence-electron chi connectivity index (χ3n) is 1.22. The lowest BCUT2D eigenvalue weighted by molar-refractivity contribution is 0.142. The van der Waals surface area contributed by atoms with Crippen molar-refractivity contribution in [2.45, 2.75) is 26.7 Å². The molecule has 0 aliphatic carbocycles. The van der Waals surface area contributed by atoms with Gasteiger partial charge in [-0.25, -0.2) is 0 Å². The molecule has 0 heterocycles. The fraction of sp³-hybridized carbons (Fsp3) is 1.00. The highest BCUT2D eigenvalue weighted by molar-refractivity contribution is 4.29. The Morgan fingerprint density at radius 3 is 1.27 bits per heavy atom. The van der Waals surface area contributed by atoms with Gasteiger partial charge in [0.15, 0.2) is 0 Å². The molecular formula is C10H28N2O3. The van der Waals surface area contributed by atoms with Crippen molar-refractivity contribution in [3.05, 3.63) is 0 Å². The molecule has 96 valence electrons. The molecule has 15 heavy (non-hydrogen) atoms. The van der Waals surface area contributed by atoms with Gasteiger partial charge in [0.05, 0.1) is 13.2 Å². The van der Waals surface area contributed by atoms with Crippen LogP contribution < -0.4 is 11.5 Å². The third-order valence-corrected chi connectivity index (χ3v) is 1.22. The lowest BCUT2D eigenvalue weighted by atomic mass is 10.5. The maximum absolute atomic E-state index is 5.14. The second-order valence-electron chi connectivity index (χ2n) is 2.80. The van der Waals surface area contributed by atoms with Crippen LogP contribution in [-0.2, 0) is 9.47 Å². The summed E-state index contributed by atoms with van der Waals surface area (Å²) in [5, 5.41) is 0. The molecule has 0 spiro atoms. The van der Waals surface area contributed by atoms with Gasteiger partial charge < -0.3 is 26.4 Å². The van der Waals surface area contributed by atoms with Gasteiger partial charge in [-0.2, -0.15) is 0 Å². The molecule has 5 heteroatoms. The molecule has 0 aliphatic rings. The first-order valence-corrected chi connectivity index (χ1v) is 5.39. The highest BCUT2D eigenvalue weighted by atomic mass is 16.5. The van der Waals surface area contributed by atoms with Crippen molar-refractivity contribution in [3.8, 4) is 0 Å². The van der Waals surface area contributed by atoms with Crippen LogP contribution in [0.25, 0.3) is 0 Å². The Labute approximate surface area is 93.4 Å². The Bertz CT molecular complexity index is 67.1. The molecule has 0 atom stereocenters. The third kappa shape index (κ3) is 31.6. The van der Waals surface area contributed by atoms with Crippen LogP contribution in [0.4, 0.5) is 0 Å². The summed E-state index contributed by atoms with van der Waals surface area (Å²) in [6.45, 7) is 8.53. The van der Waals surface area contributed by atoms with Gasteiger partial charge in [-0.3, -0.25) is 0 Å².